The monoisotopic (exact) mass is 138 g/mol. The highest BCUT2D eigenvalue weighted by Gasteiger charge is 2.36. The van der Waals surface area contributed by atoms with Crippen LogP contribution in [-0.2, 0) is 0 Å². The molecule has 0 radical (unpaired) electrons. The Hall–Kier alpha value is -0.260. The fourth-order valence-electron chi connectivity index (χ4n) is 1.62. The van der Waals surface area contributed by atoms with Crippen LogP contribution < -0.4 is 0 Å². The van der Waals surface area contributed by atoms with E-state index in [0.29, 0.717) is 0 Å². The van der Waals surface area contributed by atoms with Crippen LogP contribution in [0.4, 0.5) is 0 Å². The van der Waals surface area contributed by atoms with Gasteiger partial charge in [-0.1, -0.05) is 25.5 Å². The van der Waals surface area contributed by atoms with Crippen molar-refractivity contribution in [1.29, 1.82) is 0 Å². The Morgan fingerprint density at radius 3 is 2.30 bits per heavy atom. The lowest BCUT2D eigenvalue weighted by Crippen LogP contribution is -1.90. The molecule has 0 heterocycles. The van der Waals surface area contributed by atoms with E-state index >= 15 is 0 Å². The zero-order chi connectivity index (χ0) is 7.72. The highest BCUT2D eigenvalue weighted by atomic mass is 14.4. The van der Waals surface area contributed by atoms with Gasteiger partial charge in [0, 0.05) is 0 Å². The van der Waals surface area contributed by atoms with Crippen LogP contribution in [0.3, 0.4) is 0 Å². The summed E-state index contributed by atoms with van der Waals surface area (Å²) in [6, 6.07) is 0. The molecule has 1 aliphatic rings. The first-order chi connectivity index (χ1) is 4.61. The van der Waals surface area contributed by atoms with E-state index in [4.69, 9.17) is 0 Å². The lowest BCUT2D eigenvalue weighted by molar-refractivity contribution is 0.542. The molecule has 0 amide bonds. The third-order valence-electron chi connectivity index (χ3n) is 2.29. The van der Waals surface area contributed by atoms with Gasteiger partial charge in [0.25, 0.3) is 0 Å². The van der Waals surface area contributed by atoms with Crippen LogP contribution in [0.2, 0.25) is 0 Å². The summed E-state index contributed by atoms with van der Waals surface area (Å²) in [4.78, 5) is 0. The predicted molar refractivity (Wildman–Crippen MR) is 45.9 cm³/mol. The molecule has 0 aromatic heterocycles. The van der Waals surface area contributed by atoms with Crippen LogP contribution in [0.25, 0.3) is 0 Å². The number of allylic oxidation sites excluding steroid dienone is 2. The summed E-state index contributed by atoms with van der Waals surface area (Å²) in [7, 11) is 0. The van der Waals surface area contributed by atoms with Crippen LogP contribution in [0.5, 0.6) is 0 Å². The van der Waals surface area contributed by atoms with Crippen LogP contribution in [0.15, 0.2) is 11.6 Å². The first-order valence-corrected chi connectivity index (χ1v) is 4.26. The third-order valence-corrected chi connectivity index (χ3v) is 2.29. The molecule has 0 N–H and O–H groups in total. The normalized spacial score (nSPS) is 30.5. The lowest BCUT2D eigenvalue weighted by atomic mass is 10.1. The molecule has 1 saturated carbocycles. The van der Waals surface area contributed by atoms with Gasteiger partial charge in [0.1, 0.15) is 0 Å². The Morgan fingerprint density at radius 1 is 1.40 bits per heavy atom. The van der Waals surface area contributed by atoms with Gasteiger partial charge >= 0.3 is 0 Å². The Labute approximate surface area is 64.3 Å². The average molecular weight is 138 g/mol. The standard InChI is InChI=1S/C10H18/c1-7(2)5-9-6-10(9)8(3)4/h5,8-10H,6H2,1-4H3. The summed E-state index contributed by atoms with van der Waals surface area (Å²) in [5.74, 6) is 2.81. The molecule has 1 fully saturated rings. The maximum Gasteiger partial charge on any atom is -0.0197 e. The number of hydrogen-bond acceptors (Lipinski definition) is 0. The van der Waals surface area contributed by atoms with Crippen molar-refractivity contribution < 1.29 is 0 Å². The molecule has 0 bridgehead atoms. The van der Waals surface area contributed by atoms with E-state index in [0.717, 1.165) is 17.8 Å². The molecule has 0 heteroatoms. The minimum atomic E-state index is 0.889. The van der Waals surface area contributed by atoms with Crippen molar-refractivity contribution >= 4 is 0 Å². The molecule has 0 aromatic rings. The smallest absolute Gasteiger partial charge is 0.0197 e. The minimum Gasteiger partial charge on any atom is -0.0825 e. The second kappa shape index (κ2) is 2.77. The molecule has 2 unspecified atom stereocenters. The number of rotatable bonds is 2. The Kier molecular flexibility index (Phi) is 2.18. The molecule has 0 spiro atoms. The van der Waals surface area contributed by atoms with Crippen LogP contribution in [0.1, 0.15) is 34.1 Å². The Balaban J connectivity index is 2.33. The van der Waals surface area contributed by atoms with Gasteiger partial charge in [0.05, 0.1) is 0 Å². The maximum atomic E-state index is 2.42. The molecule has 0 aromatic carbocycles. The van der Waals surface area contributed by atoms with Crippen molar-refractivity contribution in [2.45, 2.75) is 34.1 Å². The van der Waals surface area contributed by atoms with Crippen LogP contribution >= 0.6 is 0 Å². The zero-order valence-electron chi connectivity index (χ0n) is 7.52. The van der Waals surface area contributed by atoms with Crippen molar-refractivity contribution in [2.24, 2.45) is 17.8 Å². The molecule has 58 valence electrons. The van der Waals surface area contributed by atoms with Gasteiger partial charge in [-0.25, -0.2) is 0 Å². The van der Waals surface area contributed by atoms with E-state index in [1.165, 1.54) is 12.0 Å². The SMILES string of the molecule is CC(C)=CC1CC1C(C)C. The largest absolute Gasteiger partial charge is 0.0825 e. The molecule has 0 saturated heterocycles. The predicted octanol–water partition coefficient (Wildman–Crippen LogP) is 3.24. The second-order valence-electron chi connectivity index (χ2n) is 4.05. The van der Waals surface area contributed by atoms with E-state index in [9.17, 15) is 0 Å². The lowest BCUT2D eigenvalue weighted by Gasteiger charge is -1.99. The van der Waals surface area contributed by atoms with Gasteiger partial charge in [-0.15, -0.1) is 0 Å². The Morgan fingerprint density at radius 2 is 2.00 bits per heavy atom. The van der Waals surface area contributed by atoms with Crippen molar-refractivity contribution in [3.63, 3.8) is 0 Å². The van der Waals surface area contributed by atoms with E-state index in [2.05, 4.69) is 33.8 Å². The number of hydrogen-bond donors (Lipinski definition) is 0. The second-order valence-corrected chi connectivity index (χ2v) is 4.05. The van der Waals surface area contributed by atoms with Crippen molar-refractivity contribution in [1.82, 2.24) is 0 Å². The summed E-state index contributed by atoms with van der Waals surface area (Å²) in [6.45, 7) is 9.03. The van der Waals surface area contributed by atoms with E-state index in [1.807, 2.05) is 0 Å². The summed E-state index contributed by atoms with van der Waals surface area (Å²) >= 11 is 0. The van der Waals surface area contributed by atoms with Gasteiger partial charge in [-0.05, 0) is 38.0 Å². The van der Waals surface area contributed by atoms with E-state index in [-0.39, 0.29) is 0 Å². The molecule has 1 aliphatic carbocycles. The van der Waals surface area contributed by atoms with E-state index in [1.54, 1.807) is 0 Å². The van der Waals surface area contributed by atoms with Crippen LogP contribution in [0, 0.1) is 17.8 Å². The molecule has 0 nitrogen and oxygen atoms in total. The molecular formula is C10H18. The van der Waals surface area contributed by atoms with Crippen LogP contribution in [-0.4, -0.2) is 0 Å². The summed E-state index contributed by atoms with van der Waals surface area (Å²) in [5, 5.41) is 0. The molecule has 10 heavy (non-hydrogen) atoms. The van der Waals surface area contributed by atoms with Gasteiger partial charge in [0.15, 0.2) is 0 Å². The quantitative estimate of drug-likeness (QED) is 0.514. The van der Waals surface area contributed by atoms with Gasteiger partial charge in [-0.2, -0.15) is 0 Å². The molecule has 1 rings (SSSR count). The highest BCUT2D eigenvalue weighted by Crippen LogP contribution is 2.45. The summed E-state index contributed by atoms with van der Waals surface area (Å²) in [6.07, 6.45) is 3.85. The molecule has 2 atom stereocenters. The highest BCUT2D eigenvalue weighted by molar-refractivity contribution is 5.07. The Bertz CT molecular complexity index is 138. The van der Waals surface area contributed by atoms with Crippen molar-refractivity contribution in [3.05, 3.63) is 11.6 Å². The third kappa shape index (κ3) is 1.86. The van der Waals surface area contributed by atoms with Gasteiger partial charge in [0.2, 0.25) is 0 Å². The maximum absolute atomic E-state index is 2.42. The van der Waals surface area contributed by atoms with E-state index < -0.39 is 0 Å². The molecular weight excluding hydrogens is 120 g/mol. The van der Waals surface area contributed by atoms with Crippen molar-refractivity contribution in [3.8, 4) is 0 Å². The average Bonchev–Trinajstić information content (AvgIpc) is 2.43. The zero-order valence-corrected chi connectivity index (χ0v) is 7.52. The summed E-state index contributed by atoms with van der Waals surface area (Å²) in [5.41, 5.74) is 1.48. The van der Waals surface area contributed by atoms with Gasteiger partial charge < -0.3 is 0 Å². The first-order valence-electron chi connectivity index (χ1n) is 4.26. The molecule has 0 aliphatic heterocycles. The topological polar surface area (TPSA) is 0 Å². The van der Waals surface area contributed by atoms with Gasteiger partial charge in [-0.3, -0.25) is 0 Å². The van der Waals surface area contributed by atoms with Crippen molar-refractivity contribution in [2.75, 3.05) is 0 Å². The minimum absolute atomic E-state index is 0.889. The summed E-state index contributed by atoms with van der Waals surface area (Å²) < 4.78 is 0. The first kappa shape index (κ1) is 7.84. The fourth-order valence-corrected chi connectivity index (χ4v) is 1.62. The fraction of sp³-hybridized carbons (Fsp3) is 0.800.